The number of rotatable bonds is 4. The molecule has 148 valence electrons. The monoisotopic (exact) mass is 423 g/mol. The van der Waals surface area contributed by atoms with E-state index in [-0.39, 0.29) is 11.3 Å². The maximum absolute atomic E-state index is 13.1. The van der Waals surface area contributed by atoms with E-state index < -0.39 is 0 Å². The van der Waals surface area contributed by atoms with Crippen molar-refractivity contribution < 1.29 is 4.79 Å². The lowest BCUT2D eigenvalue weighted by Crippen LogP contribution is -2.15. The third-order valence-corrected chi connectivity index (χ3v) is 6.52. The highest BCUT2D eigenvalue weighted by molar-refractivity contribution is 7.22. The lowest BCUT2D eigenvalue weighted by Gasteiger charge is -2.13. The second-order valence-electron chi connectivity index (χ2n) is 7.63. The fourth-order valence-corrected chi connectivity index (χ4v) is 4.53. The minimum Gasteiger partial charge on any atom is -0.306 e. The summed E-state index contributed by atoms with van der Waals surface area (Å²) in [4.78, 5) is 23.7. The SMILES string of the molecule is Cc1nc(-c2cccs2)sc1C(=O)Nc1cc(C(C)(C)C)nn1-c1ccccn1. The second kappa shape index (κ2) is 7.53. The molecule has 0 saturated heterocycles. The number of carbonyl (C=O) groups excluding carboxylic acids is 1. The fraction of sp³-hybridized carbons (Fsp3) is 0.238. The van der Waals surface area contributed by atoms with Gasteiger partial charge in [-0.3, -0.25) is 4.79 Å². The number of thiophene rings is 1. The summed E-state index contributed by atoms with van der Waals surface area (Å²) in [6.07, 6.45) is 1.71. The van der Waals surface area contributed by atoms with Crippen LogP contribution in [0.5, 0.6) is 0 Å². The molecule has 6 nitrogen and oxygen atoms in total. The molecule has 0 radical (unpaired) electrons. The zero-order valence-corrected chi connectivity index (χ0v) is 18.3. The van der Waals surface area contributed by atoms with Crippen LogP contribution in [-0.2, 0) is 5.41 Å². The first-order valence-electron chi connectivity index (χ1n) is 9.17. The third kappa shape index (κ3) is 3.99. The molecule has 1 amide bonds. The maximum Gasteiger partial charge on any atom is 0.268 e. The van der Waals surface area contributed by atoms with Crippen LogP contribution in [0.25, 0.3) is 15.7 Å². The van der Waals surface area contributed by atoms with Gasteiger partial charge in [0.25, 0.3) is 5.91 Å². The van der Waals surface area contributed by atoms with Gasteiger partial charge in [0.2, 0.25) is 0 Å². The van der Waals surface area contributed by atoms with Crippen LogP contribution in [0.4, 0.5) is 5.82 Å². The highest BCUT2D eigenvalue weighted by Gasteiger charge is 2.23. The number of aryl methyl sites for hydroxylation is 1. The molecule has 4 heterocycles. The van der Waals surface area contributed by atoms with E-state index in [9.17, 15) is 4.79 Å². The van der Waals surface area contributed by atoms with Crippen molar-refractivity contribution in [3.8, 4) is 15.7 Å². The van der Waals surface area contributed by atoms with Crippen molar-refractivity contribution in [2.45, 2.75) is 33.1 Å². The van der Waals surface area contributed by atoms with Crippen molar-refractivity contribution in [1.82, 2.24) is 19.7 Å². The highest BCUT2D eigenvalue weighted by atomic mass is 32.1. The van der Waals surface area contributed by atoms with E-state index in [0.29, 0.717) is 16.5 Å². The van der Waals surface area contributed by atoms with Crippen LogP contribution in [0.1, 0.15) is 41.8 Å². The van der Waals surface area contributed by atoms with Crippen LogP contribution >= 0.6 is 22.7 Å². The zero-order valence-electron chi connectivity index (χ0n) is 16.6. The average Bonchev–Trinajstić information content (AvgIpc) is 3.41. The molecule has 1 N–H and O–H groups in total. The van der Waals surface area contributed by atoms with Crippen molar-refractivity contribution in [3.05, 3.63) is 64.2 Å². The predicted octanol–water partition coefficient (Wildman–Crippen LogP) is 5.31. The Labute approximate surface area is 177 Å². The summed E-state index contributed by atoms with van der Waals surface area (Å²) < 4.78 is 1.68. The fourth-order valence-electron chi connectivity index (χ4n) is 2.78. The van der Waals surface area contributed by atoms with E-state index in [0.717, 1.165) is 21.3 Å². The Bertz CT molecular complexity index is 1140. The van der Waals surface area contributed by atoms with Crippen molar-refractivity contribution in [1.29, 1.82) is 0 Å². The first-order valence-corrected chi connectivity index (χ1v) is 10.9. The van der Waals surface area contributed by atoms with Gasteiger partial charge in [0, 0.05) is 17.7 Å². The number of aromatic nitrogens is 4. The van der Waals surface area contributed by atoms with Crippen molar-refractivity contribution in [3.63, 3.8) is 0 Å². The standard InChI is InChI=1S/C21H21N5OS2/c1-13-18(29-20(23-13)14-8-7-11-28-14)19(27)24-17-12-15(21(2,3)4)25-26(17)16-9-5-6-10-22-16/h5-12H,1-4H3,(H,24,27). The van der Waals surface area contributed by atoms with Gasteiger partial charge in [0.15, 0.2) is 5.82 Å². The van der Waals surface area contributed by atoms with Gasteiger partial charge in [-0.05, 0) is 30.5 Å². The van der Waals surface area contributed by atoms with Gasteiger partial charge in [0.1, 0.15) is 15.7 Å². The van der Waals surface area contributed by atoms with Crippen LogP contribution in [0, 0.1) is 6.92 Å². The minimum atomic E-state index is -0.194. The van der Waals surface area contributed by atoms with Gasteiger partial charge in [-0.15, -0.1) is 22.7 Å². The lowest BCUT2D eigenvalue weighted by atomic mass is 9.92. The number of pyridine rings is 1. The normalized spacial score (nSPS) is 11.6. The average molecular weight is 424 g/mol. The minimum absolute atomic E-state index is 0.160. The van der Waals surface area contributed by atoms with Gasteiger partial charge >= 0.3 is 0 Å². The van der Waals surface area contributed by atoms with Crippen LogP contribution in [0.15, 0.2) is 48.0 Å². The van der Waals surface area contributed by atoms with Crippen LogP contribution < -0.4 is 5.32 Å². The summed E-state index contributed by atoms with van der Waals surface area (Å²) in [5.41, 5.74) is 1.43. The summed E-state index contributed by atoms with van der Waals surface area (Å²) in [6, 6.07) is 11.5. The molecule has 0 saturated carbocycles. The molecule has 0 aromatic carbocycles. The molecule has 4 rings (SSSR count). The Balaban J connectivity index is 1.69. The molecule has 0 aliphatic carbocycles. The Hall–Kier alpha value is -2.84. The quantitative estimate of drug-likeness (QED) is 0.483. The first-order chi connectivity index (χ1) is 13.8. The Kier molecular flexibility index (Phi) is 5.06. The Morgan fingerprint density at radius 2 is 2.00 bits per heavy atom. The smallest absolute Gasteiger partial charge is 0.268 e. The number of nitrogens with one attached hydrogen (secondary N) is 1. The summed E-state index contributed by atoms with van der Waals surface area (Å²) in [5.74, 6) is 1.04. The van der Waals surface area contributed by atoms with E-state index >= 15 is 0 Å². The molecule has 0 spiro atoms. The maximum atomic E-state index is 13.1. The van der Waals surface area contributed by atoms with Crippen LogP contribution in [-0.4, -0.2) is 25.7 Å². The van der Waals surface area contributed by atoms with E-state index in [4.69, 9.17) is 5.10 Å². The molecule has 4 aromatic rings. The van der Waals surface area contributed by atoms with E-state index in [1.165, 1.54) is 11.3 Å². The summed E-state index contributed by atoms with van der Waals surface area (Å²) in [6.45, 7) is 8.12. The highest BCUT2D eigenvalue weighted by Crippen LogP contribution is 2.32. The summed E-state index contributed by atoms with van der Waals surface area (Å²) in [5, 5.41) is 10.6. The molecule has 0 bridgehead atoms. The molecule has 0 aliphatic heterocycles. The Morgan fingerprint density at radius 3 is 2.66 bits per heavy atom. The van der Waals surface area contributed by atoms with Crippen molar-refractivity contribution in [2.75, 3.05) is 5.32 Å². The molecule has 0 aliphatic rings. The van der Waals surface area contributed by atoms with Crippen LogP contribution in [0.2, 0.25) is 0 Å². The van der Waals surface area contributed by atoms with Gasteiger partial charge in [-0.1, -0.05) is 32.9 Å². The molecular formula is C21H21N5OS2. The number of thiazole rings is 1. The van der Waals surface area contributed by atoms with Crippen molar-refractivity contribution >= 4 is 34.4 Å². The first kappa shape index (κ1) is 19.5. The molecule has 0 atom stereocenters. The van der Waals surface area contributed by atoms with Gasteiger partial charge < -0.3 is 5.32 Å². The molecule has 8 heteroatoms. The number of amides is 1. The zero-order chi connectivity index (χ0) is 20.6. The van der Waals surface area contributed by atoms with Crippen LogP contribution in [0.3, 0.4) is 0 Å². The number of nitrogens with zero attached hydrogens (tertiary/aromatic N) is 4. The number of hydrogen-bond donors (Lipinski definition) is 1. The Morgan fingerprint density at radius 1 is 1.17 bits per heavy atom. The number of hydrogen-bond acceptors (Lipinski definition) is 6. The molecule has 0 unspecified atom stereocenters. The van der Waals surface area contributed by atoms with Gasteiger partial charge in [-0.25, -0.2) is 9.97 Å². The third-order valence-electron chi connectivity index (χ3n) is 4.32. The molecule has 4 aromatic heterocycles. The van der Waals surface area contributed by atoms with Gasteiger partial charge in [0.05, 0.1) is 16.3 Å². The molecule has 29 heavy (non-hydrogen) atoms. The van der Waals surface area contributed by atoms with E-state index in [1.54, 1.807) is 22.2 Å². The largest absolute Gasteiger partial charge is 0.306 e. The van der Waals surface area contributed by atoms with Crippen molar-refractivity contribution in [2.24, 2.45) is 0 Å². The molecular weight excluding hydrogens is 402 g/mol. The summed E-state index contributed by atoms with van der Waals surface area (Å²) >= 11 is 3.01. The number of carbonyl (C=O) groups is 1. The van der Waals surface area contributed by atoms with E-state index in [1.807, 2.05) is 48.7 Å². The molecule has 0 fully saturated rings. The second-order valence-corrected chi connectivity index (χ2v) is 9.58. The topological polar surface area (TPSA) is 72.7 Å². The summed E-state index contributed by atoms with van der Waals surface area (Å²) in [7, 11) is 0. The predicted molar refractivity (Wildman–Crippen MR) is 118 cm³/mol. The number of anilines is 1. The van der Waals surface area contributed by atoms with E-state index in [2.05, 4.69) is 36.1 Å². The lowest BCUT2D eigenvalue weighted by molar-refractivity contribution is 0.102. The van der Waals surface area contributed by atoms with Gasteiger partial charge in [-0.2, -0.15) is 9.78 Å².